The van der Waals surface area contributed by atoms with Gasteiger partial charge in [-0.05, 0) is 57.5 Å². The zero-order valence-electron chi connectivity index (χ0n) is 13.2. The van der Waals surface area contributed by atoms with E-state index in [1.807, 2.05) is 26.0 Å². The van der Waals surface area contributed by atoms with Crippen molar-refractivity contribution in [3.63, 3.8) is 0 Å². The van der Waals surface area contributed by atoms with Crippen molar-refractivity contribution >= 4 is 0 Å². The van der Waals surface area contributed by atoms with Gasteiger partial charge in [0.1, 0.15) is 5.75 Å². The summed E-state index contributed by atoms with van der Waals surface area (Å²) in [7, 11) is 0. The number of β-amino-alcohol motifs (C(OH)–C–C–N with tert-alkyl or cyclic N) is 1. The molecule has 1 heterocycles. The molecule has 1 aliphatic heterocycles. The summed E-state index contributed by atoms with van der Waals surface area (Å²) in [5.74, 6) is 0.905. The lowest BCUT2D eigenvalue weighted by atomic mass is 10.2. The molecule has 0 radical (unpaired) electrons. The highest BCUT2D eigenvalue weighted by molar-refractivity contribution is 5.27. The van der Waals surface area contributed by atoms with E-state index in [2.05, 4.69) is 22.3 Å². The molecule has 2 rings (SSSR count). The second-order valence-electron chi connectivity index (χ2n) is 6.10. The SMILES string of the molecule is CC(C)Oc1ccc(CNCC(O)CN2CCCC2)cc1. The standard InChI is InChI=1S/C17H28N2O2/c1-14(2)21-17-7-5-15(6-8-17)11-18-12-16(20)13-19-9-3-4-10-19/h5-8,14,16,18,20H,3-4,9-13H2,1-2H3. The van der Waals surface area contributed by atoms with Crippen LogP contribution in [0, 0.1) is 0 Å². The van der Waals surface area contributed by atoms with Gasteiger partial charge in [-0.15, -0.1) is 0 Å². The van der Waals surface area contributed by atoms with Gasteiger partial charge in [0, 0.05) is 19.6 Å². The molecule has 0 saturated carbocycles. The number of hydrogen-bond acceptors (Lipinski definition) is 4. The molecule has 0 aromatic heterocycles. The number of nitrogens with zero attached hydrogens (tertiary/aromatic N) is 1. The van der Waals surface area contributed by atoms with Crippen molar-refractivity contribution in [1.29, 1.82) is 0 Å². The van der Waals surface area contributed by atoms with Crippen LogP contribution in [0.3, 0.4) is 0 Å². The lowest BCUT2D eigenvalue weighted by Crippen LogP contribution is -2.36. The van der Waals surface area contributed by atoms with E-state index in [-0.39, 0.29) is 12.2 Å². The third kappa shape index (κ3) is 6.04. The van der Waals surface area contributed by atoms with E-state index >= 15 is 0 Å². The second-order valence-corrected chi connectivity index (χ2v) is 6.10. The summed E-state index contributed by atoms with van der Waals surface area (Å²) in [6.45, 7) is 8.52. The number of aliphatic hydroxyl groups is 1. The number of benzene rings is 1. The summed E-state index contributed by atoms with van der Waals surface area (Å²) >= 11 is 0. The largest absolute Gasteiger partial charge is 0.491 e. The molecular formula is C17H28N2O2. The summed E-state index contributed by atoms with van der Waals surface area (Å²) in [6, 6.07) is 8.13. The van der Waals surface area contributed by atoms with Crippen LogP contribution in [0.2, 0.25) is 0 Å². The Morgan fingerprint density at radius 1 is 1.19 bits per heavy atom. The highest BCUT2D eigenvalue weighted by atomic mass is 16.5. The van der Waals surface area contributed by atoms with Gasteiger partial charge in [-0.2, -0.15) is 0 Å². The monoisotopic (exact) mass is 292 g/mol. The molecule has 1 aromatic rings. The lowest BCUT2D eigenvalue weighted by molar-refractivity contribution is 0.123. The number of aliphatic hydroxyl groups excluding tert-OH is 1. The molecule has 2 N–H and O–H groups in total. The summed E-state index contributed by atoms with van der Waals surface area (Å²) in [6.07, 6.45) is 2.46. The Balaban J connectivity index is 1.65. The maximum absolute atomic E-state index is 10.0. The average Bonchev–Trinajstić information content (AvgIpc) is 2.93. The van der Waals surface area contributed by atoms with E-state index in [4.69, 9.17) is 4.74 Å². The van der Waals surface area contributed by atoms with Crippen LogP contribution in [-0.4, -0.2) is 48.4 Å². The van der Waals surface area contributed by atoms with Crippen molar-refractivity contribution in [2.75, 3.05) is 26.2 Å². The van der Waals surface area contributed by atoms with E-state index in [1.54, 1.807) is 0 Å². The average molecular weight is 292 g/mol. The Morgan fingerprint density at radius 2 is 1.86 bits per heavy atom. The Bertz CT molecular complexity index is 400. The predicted molar refractivity (Wildman–Crippen MR) is 85.6 cm³/mol. The lowest BCUT2D eigenvalue weighted by Gasteiger charge is -2.19. The van der Waals surface area contributed by atoms with Crippen molar-refractivity contribution in [2.24, 2.45) is 0 Å². The van der Waals surface area contributed by atoms with Crippen LogP contribution in [0.15, 0.2) is 24.3 Å². The van der Waals surface area contributed by atoms with Crippen LogP contribution in [0.4, 0.5) is 0 Å². The number of nitrogens with one attached hydrogen (secondary N) is 1. The molecule has 0 spiro atoms. The predicted octanol–water partition coefficient (Wildman–Crippen LogP) is 2.02. The van der Waals surface area contributed by atoms with Gasteiger partial charge >= 0.3 is 0 Å². The molecule has 21 heavy (non-hydrogen) atoms. The molecule has 1 atom stereocenters. The van der Waals surface area contributed by atoms with Crippen molar-refractivity contribution in [2.45, 2.75) is 45.4 Å². The summed E-state index contributed by atoms with van der Waals surface area (Å²) < 4.78 is 5.62. The van der Waals surface area contributed by atoms with Crippen LogP contribution < -0.4 is 10.1 Å². The van der Waals surface area contributed by atoms with Gasteiger partial charge in [-0.25, -0.2) is 0 Å². The number of ether oxygens (including phenoxy) is 1. The minimum absolute atomic E-state index is 0.203. The minimum Gasteiger partial charge on any atom is -0.491 e. The number of hydrogen-bond donors (Lipinski definition) is 2. The van der Waals surface area contributed by atoms with Gasteiger partial charge in [0.15, 0.2) is 0 Å². The fourth-order valence-corrected chi connectivity index (χ4v) is 2.67. The molecule has 0 amide bonds. The molecule has 0 bridgehead atoms. The first-order valence-corrected chi connectivity index (χ1v) is 8.00. The van der Waals surface area contributed by atoms with E-state index in [1.165, 1.54) is 18.4 Å². The van der Waals surface area contributed by atoms with E-state index in [0.29, 0.717) is 6.54 Å². The van der Waals surface area contributed by atoms with Crippen molar-refractivity contribution in [3.05, 3.63) is 29.8 Å². The highest BCUT2D eigenvalue weighted by Gasteiger charge is 2.15. The normalized spacial score (nSPS) is 17.3. The molecule has 4 heteroatoms. The summed E-state index contributed by atoms with van der Waals surface area (Å²) in [5.41, 5.74) is 1.21. The first kappa shape index (κ1) is 16.3. The number of rotatable bonds is 8. The van der Waals surface area contributed by atoms with E-state index in [0.717, 1.165) is 31.9 Å². The quantitative estimate of drug-likeness (QED) is 0.769. The van der Waals surface area contributed by atoms with Crippen molar-refractivity contribution in [3.8, 4) is 5.75 Å². The minimum atomic E-state index is -0.286. The Morgan fingerprint density at radius 3 is 2.48 bits per heavy atom. The molecule has 1 unspecified atom stereocenters. The molecule has 118 valence electrons. The van der Waals surface area contributed by atoms with E-state index in [9.17, 15) is 5.11 Å². The zero-order valence-corrected chi connectivity index (χ0v) is 13.2. The molecule has 1 aliphatic rings. The van der Waals surface area contributed by atoms with Crippen LogP contribution >= 0.6 is 0 Å². The topological polar surface area (TPSA) is 44.7 Å². The highest BCUT2D eigenvalue weighted by Crippen LogP contribution is 2.13. The van der Waals surface area contributed by atoms with E-state index < -0.39 is 0 Å². The molecular weight excluding hydrogens is 264 g/mol. The fraction of sp³-hybridized carbons (Fsp3) is 0.647. The van der Waals surface area contributed by atoms with Gasteiger partial charge in [0.05, 0.1) is 12.2 Å². The second kappa shape index (κ2) is 8.37. The van der Waals surface area contributed by atoms with Crippen LogP contribution in [0.25, 0.3) is 0 Å². The summed E-state index contributed by atoms with van der Waals surface area (Å²) in [4.78, 5) is 2.34. The van der Waals surface area contributed by atoms with Gasteiger partial charge in [0.25, 0.3) is 0 Å². The molecule has 1 fully saturated rings. The zero-order chi connectivity index (χ0) is 15.1. The van der Waals surface area contributed by atoms with Crippen LogP contribution in [0.5, 0.6) is 5.75 Å². The maximum atomic E-state index is 10.0. The Kier molecular flexibility index (Phi) is 6.49. The first-order chi connectivity index (χ1) is 10.1. The van der Waals surface area contributed by atoms with Crippen molar-refractivity contribution < 1.29 is 9.84 Å². The smallest absolute Gasteiger partial charge is 0.119 e. The van der Waals surface area contributed by atoms with Gasteiger partial charge in [0.2, 0.25) is 0 Å². The molecule has 0 aliphatic carbocycles. The fourth-order valence-electron chi connectivity index (χ4n) is 2.67. The maximum Gasteiger partial charge on any atom is 0.119 e. The first-order valence-electron chi connectivity index (χ1n) is 8.00. The number of likely N-dealkylation sites (tertiary alicyclic amines) is 1. The van der Waals surface area contributed by atoms with Gasteiger partial charge in [-0.3, -0.25) is 0 Å². The Hall–Kier alpha value is -1.10. The molecule has 4 nitrogen and oxygen atoms in total. The summed E-state index contributed by atoms with van der Waals surface area (Å²) in [5, 5.41) is 13.3. The molecule has 1 aromatic carbocycles. The van der Waals surface area contributed by atoms with Gasteiger partial charge < -0.3 is 20.1 Å². The third-order valence-electron chi connectivity index (χ3n) is 3.67. The van der Waals surface area contributed by atoms with Crippen LogP contribution in [-0.2, 0) is 6.54 Å². The Labute approximate surface area is 128 Å². The molecule has 1 saturated heterocycles. The third-order valence-corrected chi connectivity index (χ3v) is 3.67. The van der Waals surface area contributed by atoms with Crippen molar-refractivity contribution in [1.82, 2.24) is 10.2 Å². The van der Waals surface area contributed by atoms with Crippen LogP contribution in [0.1, 0.15) is 32.3 Å². The van der Waals surface area contributed by atoms with Gasteiger partial charge in [-0.1, -0.05) is 12.1 Å².